The van der Waals surface area contributed by atoms with E-state index in [1.54, 1.807) is 0 Å². The highest BCUT2D eigenvalue weighted by Crippen LogP contribution is 2.32. The van der Waals surface area contributed by atoms with E-state index in [2.05, 4.69) is 49.2 Å². The van der Waals surface area contributed by atoms with E-state index in [1.807, 2.05) is 10.9 Å². The second-order valence-corrected chi connectivity index (χ2v) is 6.67. The van der Waals surface area contributed by atoms with Gasteiger partial charge in [-0.3, -0.25) is 9.58 Å². The van der Waals surface area contributed by atoms with Gasteiger partial charge in [-0.1, -0.05) is 19.8 Å². The molecule has 1 aromatic rings. The number of aromatic nitrogens is 2. The summed E-state index contributed by atoms with van der Waals surface area (Å²) in [6.45, 7) is 13.5. The van der Waals surface area contributed by atoms with Crippen molar-refractivity contribution in [3.8, 4) is 0 Å². The van der Waals surface area contributed by atoms with Crippen molar-refractivity contribution in [2.45, 2.75) is 71.5 Å². The van der Waals surface area contributed by atoms with Gasteiger partial charge in [-0.05, 0) is 53.2 Å². The van der Waals surface area contributed by atoms with Crippen LogP contribution in [0.5, 0.6) is 0 Å². The van der Waals surface area contributed by atoms with Crippen molar-refractivity contribution < 1.29 is 0 Å². The SMILES string of the molecule is CCNC(c1cnn(CC)c1)C(C)(C)N1CCCCCC1. The molecule has 1 fully saturated rings. The number of nitrogens with zero attached hydrogens (tertiary/aromatic N) is 3. The van der Waals surface area contributed by atoms with Gasteiger partial charge >= 0.3 is 0 Å². The van der Waals surface area contributed by atoms with Crippen LogP contribution in [-0.4, -0.2) is 39.9 Å². The van der Waals surface area contributed by atoms with E-state index in [0.29, 0.717) is 6.04 Å². The number of nitrogens with one attached hydrogen (secondary N) is 1. The van der Waals surface area contributed by atoms with Crippen molar-refractivity contribution >= 4 is 0 Å². The molecular weight excluding hydrogens is 260 g/mol. The normalized spacial score (nSPS) is 19.4. The van der Waals surface area contributed by atoms with Crippen LogP contribution in [0.1, 0.15) is 65.0 Å². The lowest BCUT2D eigenvalue weighted by atomic mass is 9.88. The molecule has 0 bridgehead atoms. The molecule has 1 N–H and O–H groups in total. The molecule has 4 nitrogen and oxygen atoms in total. The van der Waals surface area contributed by atoms with Crippen molar-refractivity contribution in [1.82, 2.24) is 20.0 Å². The van der Waals surface area contributed by atoms with Gasteiger partial charge in [0.2, 0.25) is 0 Å². The summed E-state index contributed by atoms with van der Waals surface area (Å²) in [5.74, 6) is 0. The maximum Gasteiger partial charge on any atom is 0.0538 e. The van der Waals surface area contributed by atoms with Crippen molar-refractivity contribution in [2.24, 2.45) is 0 Å². The van der Waals surface area contributed by atoms with Gasteiger partial charge in [-0.25, -0.2) is 0 Å². The van der Waals surface area contributed by atoms with Gasteiger partial charge in [0.15, 0.2) is 0 Å². The Bertz CT molecular complexity index is 416. The van der Waals surface area contributed by atoms with E-state index in [1.165, 1.54) is 44.3 Å². The molecule has 1 saturated heterocycles. The Balaban J connectivity index is 2.21. The molecule has 0 spiro atoms. The van der Waals surface area contributed by atoms with Gasteiger partial charge in [-0.15, -0.1) is 0 Å². The molecule has 1 aromatic heterocycles. The smallest absolute Gasteiger partial charge is 0.0538 e. The van der Waals surface area contributed by atoms with Crippen LogP contribution in [0.2, 0.25) is 0 Å². The number of hydrogen-bond acceptors (Lipinski definition) is 3. The van der Waals surface area contributed by atoms with Crippen LogP contribution in [0.3, 0.4) is 0 Å². The van der Waals surface area contributed by atoms with Gasteiger partial charge in [0, 0.05) is 23.8 Å². The van der Waals surface area contributed by atoms with E-state index in [4.69, 9.17) is 0 Å². The molecule has 0 saturated carbocycles. The van der Waals surface area contributed by atoms with Gasteiger partial charge in [0.25, 0.3) is 0 Å². The third-order valence-corrected chi connectivity index (χ3v) is 4.85. The summed E-state index contributed by atoms with van der Waals surface area (Å²) in [6, 6.07) is 0.334. The topological polar surface area (TPSA) is 33.1 Å². The maximum atomic E-state index is 4.47. The minimum atomic E-state index is 0.113. The third-order valence-electron chi connectivity index (χ3n) is 4.85. The Hall–Kier alpha value is -0.870. The van der Waals surface area contributed by atoms with Crippen molar-refractivity contribution in [3.05, 3.63) is 18.0 Å². The minimum absolute atomic E-state index is 0.113. The molecule has 2 rings (SSSR count). The molecule has 21 heavy (non-hydrogen) atoms. The molecule has 0 amide bonds. The van der Waals surface area contributed by atoms with Gasteiger partial charge in [0.05, 0.1) is 12.2 Å². The van der Waals surface area contributed by atoms with Crippen molar-refractivity contribution in [3.63, 3.8) is 0 Å². The summed E-state index contributed by atoms with van der Waals surface area (Å²) < 4.78 is 2.03. The lowest BCUT2D eigenvalue weighted by Gasteiger charge is -2.44. The fourth-order valence-electron chi connectivity index (χ4n) is 3.51. The standard InChI is InChI=1S/C17H32N4/c1-5-18-16(15-13-19-21(6-2)14-15)17(3,4)20-11-9-7-8-10-12-20/h13-14,16,18H,5-12H2,1-4H3. The Labute approximate surface area is 129 Å². The molecule has 120 valence electrons. The fourth-order valence-corrected chi connectivity index (χ4v) is 3.51. The predicted octanol–water partition coefficient (Wildman–Crippen LogP) is 3.21. The Morgan fingerprint density at radius 3 is 2.38 bits per heavy atom. The van der Waals surface area contributed by atoms with Crippen LogP contribution >= 0.6 is 0 Å². The molecule has 1 aliphatic heterocycles. The summed E-state index contributed by atoms with van der Waals surface area (Å²) in [6.07, 6.45) is 9.66. The Morgan fingerprint density at radius 1 is 1.19 bits per heavy atom. The van der Waals surface area contributed by atoms with E-state index in [0.717, 1.165) is 13.1 Å². The van der Waals surface area contributed by atoms with E-state index in [-0.39, 0.29) is 5.54 Å². The zero-order chi connectivity index (χ0) is 15.3. The summed E-state index contributed by atoms with van der Waals surface area (Å²) in [7, 11) is 0. The first-order chi connectivity index (χ1) is 10.1. The van der Waals surface area contributed by atoms with Crippen LogP contribution in [0.4, 0.5) is 0 Å². The zero-order valence-electron chi connectivity index (χ0n) is 14.2. The average Bonchev–Trinajstić information content (AvgIpc) is 2.76. The number of likely N-dealkylation sites (tertiary alicyclic amines) is 1. The second kappa shape index (κ2) is 7.41. The molecular formula is C17H32N4. The van der Waals surface area contributed by atoms with Crippen LogP contribution in [0.15, 0.2) is 12.4 Å². The Kier molecular flexibility index (Phi) is 5.82. The van der Waals surface area contributed by atoms with Crippen LogP contribution < -0.4 is 5.32 Å². The van der Waals surface area contributed by atoms with E-state index in [9.17, 15) is 0 Å². The summed E-state index contributed by atoms with van der Waals surface area (Å²) >= 11 is 0. The second-order valence-electron chi connectivity index (χ2n) is 6.67. The van der Waals surface area contributed by atoms with Crippen LogP contribution in [0.25, 0.3) is 0 Å². The Morgan fingerprint density at radius 2 is 1.86 bits per heavy atom. The molecule has 0 aromatic carbocycles. The largest absolute Gasteiger partial charge is 0.309 e. The average molecular weight is 292 g/mol. The number of likely N-dealkylation sites (N-methyl/N-ethyl adjacent to an activating group) is 1. The molecule has 2 heterocycles. The molecule has 0 aliphatic carbocycles. The van der Waals surface area contributed by atoms with Crippen LogP contribution in [-0.2, 0) is 6.54 Å². The number of aryl methyl sites for hydroxylation is 1. The van der Waals surface area contributed by atoms with Crippen molar-refractivity contribution in [2.75, 3.05) is 19.6 Å². The highest BCUT2D eigenvalue weighted by molar-refractivity contribution is 5.17. The molecule has 1 unspecified atom stereocenters. The lowest BCUT2D eigenvalue weighted by molar-refractivity contribution is 0.0840. The van der Waals surface area contributed by atoms with Gasteiger partial charge < -0.3 is 5.32 Å². The summed E-state index contributed by atoms with van der Waals surface area (Å²) in [5.41, 5.74) is 1.43. The maximum absolute atomic E-state index is 4.47. The first kappa shape index (κ1) is 16.5. The highest BCUT2D eigenvalue weighted by atomic mass is 15.3. The number of hydrogen-bond donors (Lipinski definition) is 1. The first-order valence-electron chi connectivity index (χ1n) is 8.60. The quantitative estimate of drug-likeness (QED) is 0.874. The monoisotopic (exact) mass is 292 g/mol. The summed E-state index contributed by atoms with van der Waals surface area (Å²) in [4.78, 5) is 2.68. The van der Waals surface area contributed by atoms with E-state index >= 15 is 0 Å². The van der Waals surface area contributed by atoms with Crippen LogP contribution in [0, 0.1) is 0 Å². The lowest BCUT2D eigenvalue weighted by Crippen LogP contribution is -2.53. The number of rotatable bonds is 6. The third kappa shape index (κ3) is 3.86. The summed E-state index contributed by atoms with van der Waals surface area (Å²) in [5, 5.41) is 8.17. The fraction of sp³-hybridized carbons (Fsp3) is 0.824. The zero-order valence-corrected chi connectivity index (χ0v) is 14.2. The minimum Gasteiger partial charge on any atom is -0.309 e. The molecule has 0 radical (unpaired) electrons. The molecule has 1 aliphatic rings. The highest BCUT2D eigenvalue weighted by Gasteiger charge is 2.36. The van der Waals surface area contributed by atoms with Crippen molar-refractivity contribution in [1.29, 1.82) is 0 Å². The van der Waals surface area contributed by atoms with Gasteiger partial charge in [0.1, 0.15) is 0 Å². The predicted molar refractivity (Wildman–Crippen MR) is 88.4 cm³/mol. The van der Waals surface area contributed by atoms with Gasteiger partial charge in [-0.2, -0.15) is 5.10 Å². The molecule has 4 heteroatoms. The molecule has 1 atom stereocenters. The first-order valence-corrected chi connectivity index (χ1v) is 8.60. The van der Waals surface area contributed by atoms with E-state index < -0.39 is 0 Å².